The Labute approximate surface area is 152 Å². The van der Waals surface area contributed by atoms with Gasteiger partial charge in [0, 0.05) is 11.8 Å². The van der Waals surface area contributed by atoms with Gasteiger partial charge in [-0.25, -0.2) is 9.78 Å². The van der Waals surface area contributed by atoms with E-state index < -0.39 is 17.9 Å². The van der Waals surface area contributed by atoms with Crippen molar-refractivity contribution >= 4 is 22.8 Å². The van der Waals surface area contributed by atoms with Crippen LogP contribution in [0.15, 0.2) is 60.7 Å². The Bertz CT molecular complexity index is 953. The highest BCUT2D eigenvalue weighted by molar-refractivity contribution is 5.97. The first kappa shape index (κ1) is 17.6. The Morgan fingerprint density at radius 1 is 1.08 bits per heavy atom. The van der Waals surface area contributed by atoms with E-state index in [0.29, 0.717) is 6.42 Å². The maximum Gasteiger partial charge on any atom is 0.328 e. The van der Waals surface area contributed by atoms with Crippen molar-refractivity contribution in [1.29, 1.82) is 0 Å². The lowest BCUT2D eigenvalue weighted by molar-refractivity contribution is -0.142. The summed E-state index contributed by atoms with van der Waals surface area (Å²) in [6.07, 6.45) is 0.355. The zero-order chi connectivity index (χ0) is 18.5. The van der Waals surface area contributed by atoms with Gasteiger partial charge in [0.15, 0.2) is 0 Å². The number of para-hydroxylation sites is 1. The Hall–Kier alpha value is -3.21. The molecule has 0 saturated heterocycles. The molecule has 1 atom stereocenters. The number of carbonyl (C=O) groups is 2. The molecule has 1 amide bonds. The highest BCUT2D eigenvalue weighted by Crippen LogP contribution is 2.13. The fourth-order valence-corrected chi connectivity index (χ4v) is 2.84. The topological polar surface area (TPSA) is 68.3 Å². The number of carbonyl (C=O) groups excluding carboxylic acids is 2. The maximum absolute atomic E-state index is 12.6. The Balaban J connectivity index is 1.80. The summed E-state index contributed by atoms with van der Waals surface area (Å²) < 4.78 is 4.85. The molecule has 0 bridgehead atoms. The molecule has 0 fully saturated rings. The van der Waals surface area contributed by atoms with E-state index in [4.69, 9.17) is 4.74 Å². The fourth-order valence-electron chi connectivity index (χ4n) is 2.84. The fraction of sp³-hybridized carbons (Fsp3) is 0.190. The van der Waals surface area contributed by atoms with Crippen molar-refractivity contribution in [2.75, 3.05) is 7.11 Å². The zero-order valence-electron chi connectivity index (χ0n) is 14.7. The van der Waals surface area contributed by atoms with Gasteiger partial charge in [0.1, 0.15) is 11.7 Å². The number of amides is 1. The van der Waals surface area contributed by atoms with Crippen molar-refractivity contribution in [1.82, 2.24) is 10.3 Å². The van der Waals surface area contributed by atoms with E-state index in [1.54, 1.807) is 6.07 Å². The third-order valence-electron chi connectivity index (χ3n) is 4.14. The second-order valence-electron chi connectivity index (χ2n) is 6.13. The Morgan fingerprint density at radius 2 is 1.88 bits per heavy atom. The summed E-state index contributed by atoms with van der Waals surface area (Å²) in [6, 6.07) is 18.1. The molecule has 0 aliphatic heterocycles. The van der Waals surface area contributed by atoms with Gasteiger partial charge >= 0.3 is 5.97 Å². The van der Waals surface area contributed by atoms with E-state index in [1.807, 2.05) is 61.5 Å². The van der Waals surface area contributed by atoms with Crippen molar-refractivity contribution in [3.8, 4) is 0 Å². The molecule has 2 aromatic carbocycles. The van der Waals surface area contributed by atoms with Gasteiger partial charge in [-0.1, -0.05) is 54.1 Å². The third-order valence-corrected chi connectivity index (χ3v) is 4.14. The molecule has 1 aromatic heterocycles. The molecule has 5 heteroatoms. The smallest absolute Gasteiger partial charge is 0.328 e. The first-order valence-corrected chi connectivity index (χ1v) is 8.37. The van der Waals surface area contributed by atoms with Crippen LogP contribution in [0.2, 0.25) is 0 Å². The lowest BCUT2D eigenvalue weighted by atomic mass is 10.0. The van der Waals surface area contributed by atoms with E-state index in [0.717, 1.165) is 22.0 Å². The summed E-state index contributed by atoms with van der Waals surface area (Å²) in [5.74, 6) is -0.889. The summed E-state index contributed by atoms with van der Waals surface area (Å²) in [5, 5.41) is 3.69. The molecular weight excluding hydrogens is 328 g/mol. The Kier molecular flexibility index (Phi) is 5.27. The molecule has 26 heavy (non-hydrogen) atoms. The van der Waals surface area contributed by atoms with Gasteiger partial charge in [-0.3, -0.25) is 4.79 Å². The standard InChI is InChI=1S/C21H20N2O3/c1-14-6-5-7-15(12-14)13-19(21(25)26-2)23-20(24)18-11-10-16-8-3-4-9-17(16)22-18/h3-12,19H,13H2,1-2H3,(H,23,24)/t19-/m0/s1. The number of aryl methyl sites for hydroxylation is 1. The van der Waals surface area contributed by atoms with Gasteiger partial charge in [0.25, 0.3) is 5.91 Å². The van der Waals surface area contributed by atoms with Gasteiger partial charge in [-0.15, -0.1) is 0 Å². The van der Waals surface area contributed by atoms with E-state index in [9.17, 15) is 9.59 Å². The summed E-state index contributed by atoms with van der Waals surface area (Å²) in [4.78, 5) is 29.1. The molecule has 5 nitrogen and oxygen atoms in total. The van der Waals surface area contributed by atoms with Crippen molar-refractivity contribution in [3.05, 3.63) is 77.5 Å². The van der Waals surface area contributed by atoms with E-state index in [-0.39, 0.29) is 5.69 Å². The molecule has 3 rings (SSSR count). The second kappa shape index (κ2) is 7.78. The van der Waals surface area contributed by atoms with E-state index >= 15 is 0 Å². The molecule has 0 aliphatic carbocycles. The number of esters is 1. The molecule has 0 unspecified atom stereocenters. The summed E-state index contributed by atoms with van der Waals surface area (Å²) in [5.41, 5.74) is 3.04. The lowest BCUT2D eigenvalue weighted by Crippen LogP contribution is -2.43. The van der Waals surface area contributed by atoms with Crippen LogP contribution in [0.1, 0.15) is 21.6 Å². The molecule has 1 heterocycles. The minimum atomic E-state index is -0.775. The largest absolute Gasteiger partial charge is 0.467 e. The summed E-state index contributed by atoms with van der Waals surface area (Å²) in [7, 11) is 1.31. The van der Waals surface area contributed by atoms with Crippen LogP contribution in [0.5, 0.6) is 0 Å². The van der Waals surface area contributed by atoms with Gasteiger partial charge in [-0.05, 0) is 24.6 Å². The number of aromatic nitrogens is 1. The third kappa shape index (κ3) is 4.06. The molecule has 132 valence electrons. The monoisotopic (exact) mass is 348 g/mol. The Morgan fingerprint density at radius 3 is 2.65 bits per heavy atom. The van der Waals surface area contributed by atoms with Crippen LogP contribution in [0.3, 0.4) is 0 Å². The highest BCUT2D eigenvalue weighted by Gasteiger charge is 2.23. The molecule has 3 aromatic rings. The number of methoxy groups -OCH3 is 1. The highest BCUT2D eigenvalue weighted by atomic mass is 16.5. The van der Waals surface area contributed by atoms with Crippen molar-refractivity contribution in [2.24, 2.45) is 0 Å². The van der Waals surface area contributed by atoms with Gasteiger partial charge < -0.3 is 10.1 Å². The lowest BCUT2D eigenvalue weighted by Gasteiger charge is -2.17. The van der Waals surface area contributed by atoms with E-state index in [2.05, 4.69) is 10.3 Å². The normalized spacial score (nSPS) is 11.8. The SMILES string of the molecule is COC(=O)[C@H](Cc1cccc(C)c1)NC(=O)c1ccc2ccccc2n1. The number of fused-ring (bicyclic) bond motifs is 1. The molecule has 0 radical (unpaired) electrons. The van der Waals surface area contributed by atoms with Crippen LogP contribution in [-0.2, 0) is 16.0 Å². The van der Waals surface area contributed by atoms with Crippen LogP contribution in [0, 0.1) is 6.92 Å². The number of hydrogen-bond donors (Lipinski definition) is 1. The average molecular weight is 348 g/mol. The van der Waals surface area contributed by atoms with E-state index in [1.165, 1.54) is 7.11 Å². The summed E-state index contributed by atoms with van der Waals surface area (Å²) >= 11 is 0. The van der Waals surface area contributed by atoms with Crippen LogP contribution >= 0.6 is 0 Å². The van der Waals surface area contributed by atoms with Gasteiger partial charge in [-0.2, -0.15) is 0 Å². The molecule has 0 aliphatic rings. The molecule has 0 spiro atoms. The molecular formula is C21H20N2O3. The number of pyridine rings is 1. The number of rotatable bonds is 5. The van der Waals surface area contributed by atoms with Gasteiger partial charge in [0.05, 0.1) is 12.6 Å². The summed E-state index contributed by atoms with van der Waals surface area (Å²) in [6.45, 7) is 1.98. The van der Waals surface area contributed by atoms with Crippen LogP contribution < -0.4 is 5.32 Å². The van der Waals surface area contributed by atoms with Crippen LogP contribution in [0.25, 0.3) is 10.9 Å². The first-order valence-electron chi connectivity index (χ1n) is 8.37. The van der Waals surface area contributed by atoms with Gasteiger partial charge in [0.2, 0.25) is 0 Å². The predicted molar refractivity (Wildman–Crippen MR) is 99.9 cm³/mol. The molecule has 0 saturated carbocycles. The minimum Gasteiger partial charge on any atom is -0.467 e. The van der Waals surface area contributed by atoms with Crippen LogP contribution in [-0.4, -0.2) is 30.0 Å². The number of nitrogens with zero attached hydrogens (tertiary/aromatic N) is 1. The maximum atomic E-state index is 12.6. The number of benzene rings is 2. The van der Waals surface area contributed by atoms with Crippen molar-refractivity contribution < 1.29 is 14.3 Å². The first-order chi connectivity index (χ1) is 12.6. The second-order valence-corrected chi connectivity index (χ2v) is 6.13. The number of nitrogens with one attached hydrogen (secondary N) is 1. The zero-order valence-corrected chi connectivity index (χ0v) is 14.7. The van der Waals surface area contributed by atoms with Crippen LogP contribution in [0.4, 0.5) is 0 Å². The minimum absolute atomic E-state index is 0.266. The number of ether oxygens (including phenoxy) is 1. The predicted octanol–water partition coefficient (Wildman–Crippen LogP) is 3.06. The average Bonchev–Trinajstić information content (AvgIpc) is 2.66. The van der Waals surface area contributed by atoms with Crippen molar-refractivity contribution in [2.45, 2.75) is 19.4 Å². The quantitative estimate of drug-likeness (QED) is 0.720. The molecule has 1 N–H and O–H groups in total. The number of hydrogen-bond acceptors (Lipinski definition) is 4. The van der Waals surface area contributed by atoms with Crippen molar-refractivity contribution in [3.63, 3.8) is 0 Å².